The van der Waals surface area contributed by atoms with Gasteiger partial charge in [-0.05, 0) is 29.3 Å². The predicted octanol–water partition coefficient (Wildman–Crippen LogP) is 5.28. The minimum atomic E-state index is -0.221. The van der Waals surface area contributed by atoms with Crippen molar-refractivity contribution in [3.8, 4) is 0 Å². The largest absolute Gasteiger partial charge is 0.368 e. The molecule has 1 atom stereocenters. The van der Waals surface area contributed by atoms with Gasteiger partial charge in [0.25, 0.3) is 0 Å². The Morgan fingerprint density at radius 2 is 1.79 bits per heavy atom. The van der Waals surface area contributed by atoms with E-state index in [1.807, 2.05) is 24.3 Å². The van der Waals surface area contributed by atoms with Gasteiger partial charge in [0.15, 0.2) is 0 Å². The van der Waals surface area contributed by atoms with Crippen molar-refractivity contribution in [2.75, 3.05) is 4.43 Å². The van der Waals surface area contributed by atoms with Crippen LogP contribution in [-0.2, 0) is 11.3 Å². The van der Waals surface area contributed by atoms with E-state index in [1.54, 1.807) is 12.1 Å². The molecule has 2 rings (SSSR count). The molecular weight excluding hydrogens is 422 g/mol. The molecule has 0 radical (unpaired) electrons. The SMILES string of the molecule is Fc1ccc(C(CI)OCc2ccccc2Br)cc1. The van der Waals surface area contributed by atoms with Gasteiger partial charge in [-0.15, -0.1) is 0 Å². The number of hydrogen-bond acceptors (Lipinski definition) is 1. The number of halogens is 3. The number of alkyl halides is 1. The van der Waals surface area contributed by atoms with Crippen molar-refractivity contribution < 1.29 is 9.13 Å². The maximum Gasteiger partial charge on any atom is 0.123 e. The molecule has 0 aliphatic heterocycles. The summed E-state index contributed by atoms with van der Waals surface area (Å²) in [6.07, 6.45) is -0.0201. The van der Waals surface area contributed by atoms with E-state index < -0.39 is 0 Å². The van der Waals surface area contributed by atoms with Gasteiger partial charge in [0.1, 0.15) is 5.82 Å². The highest BCUT2D eigenvalue weighted by Gasteiger charge is 2.11. The third-order valence-electron chi connectivity index (χ3n) is 2.78. The Kier molecular flexibility index (Phi) is 5.78. The van der Waals surface area contributed by atoms with Crippen LogP contribution >= 0.6 is 38.5 Å². The zero-order valence-corrected chi connectivity index (χ0v) is 13.9. The first kappa shape index (κ1) is 14.9. The van der Waals surface area contributed by atoms with Crippen LogP contribution in [0.1, 0.15) is 17.2 Å². The molecule has 0 saturated carbocycles. The fourth-order valence-corrected chi connectivity index (χ4v) is 2.88. The molecule has 19 heavy (non-hydrogen) atoms. The van der Waals surface area contributed by atoms with Gasteiger partial charge in [-0.25, -0.2) is 4.39 Å². The van der Waals surface area contributed by atoms with E-state index in [9.17, 15) is 4.39 Å². The first-order chi connectivity index (χ1) is 9.20. The van der Waals surface area contributed by atoms with E-state index in [-0.39, 0.29) is 11.9 Å². The second-order valence-electron chi connectivity index (χ2n) is 4.10. The summed E-state index contributed by atoms with van der Waals surface area (Å²) in [6, 6.07) is 14.5. The number of ether oxygens (including phenoxy) is 1. The Labute approximate surface area is 134 Å². The summed E-state index contributed by atoms with van der Waals surface area (Å²) < 4.78 is 20.7. The molecule has 0 N–H and O–H groups in total. The second-order valence-corrected chi connectivity index (χ2v) is 5.83. The molecule has 0 fully saturated rings. The van der Waals surface area contributed by atoms with Crippen molar-refractivity contribution >= 4 is 38.5 Å². The summed E-state index contributed by atoms with van der Waals surface area (Å²) in [4.78, 5) is 0. The third-order valence-corrected chi connectivity index (χ3v) is 4.35. The van der Waals surface area contributed by atoms with Crippen LogP contribution in [0.4, 0.5) is 4.39 Å². The minimum absolute atomic E-state index is 0.0201. The molecule has 0 bridgehead atoms. The van der Waals surface area contributed by atoms with E-state index in [1.165, 1.54) is 12.1 Å². The van der Waals surface area contributed by atoms with Crippen LogP contribution in [0.15, 0.2) is 53.0 Å². The van der Waals surface area contributed by atoms with Crippen LogP contribution in [0.2, 0.25) is 0 Å². The normalized spacial score (nSPS) is 12.4. The van der Waals surface area contributed by atoms with Gasteiger partial charge in [0, 0.05) is 8.90 Å². The van der Waals surface area contributed by atoms with Crippen LogP contribution in [0.3, 0.4) is 0 Å². The molecule has 4 heteroatoms. The number of rotatable bonds is 5. The number of benzene rings is 2. The highest BCUT2D eigenvalue weighted by Crippen LogP contribution is 2.24. The predicted molar refractivity (Wildman–Crippen MR) is 87.0 cm³/mol. The van der Waals surface area contributed by atoms with E-state index in [0.717, 1.165) is 20.0 Å². The highest BCUT2D eigenvalue weighted by atomic mass is 127. The maximum absolute atomic E-state index is 12.9. The average molecular weight is 435 g/mol. The average Bonchev–Trinajstić information content (AvgIpc) is 2.43. The van der Waals surface area contributed by atoms with Gasteiger partial charge in [-0.1, -0.05) is 68.9 Å². The molecule has 0 heterocycles. The smallest absolute Gasteiger partial charge is 0.123 e. The van der Waals surface area contributed by atoms with Crippen molar-refractivity contribution in [1.29, 1.82) is 0 Å². The van der Waals surface area contributed by atoms with Crippen molar-refractivity contribution in [2.45, 2.75) is 12.7 Å². The lowest BCUT2D eigenvalue weighted by Gasteiger charge is -2.16. The molecule has 1 unspecified atom stereocenters. The highest BCUT2D eigenvalue weighted by molar-refractivity contribution is 14.1. The third kappa shape index (κ3) is 4.26. The molecule has 0 amide bonds. The minimum Gasteiger partial charge on any atom is -0.368 e. The maximum atomic E-state index is 12.9. The zero-order chi connectivity index (χ0) is 13.7. The monoisotopic (exact) mass is 434 g/mol. The van der Waals surface area contributed by atoms with Gasteiger partial charge in [-0.2, -0.15) is 0 Å². The van der Waals surface area contributed by atoms with Gasteiger partial charge in [0.2, 0.25) is 0 Å². The summed E-state index contributed by atoms with van der Waals surface area (Å²) in [7, 11) is 0. The lowest BCUT2D eigenvalue weighted by molar-refractivity contribution is 0.0573. The number of hydrogen-bond donors (Lipinski definition) is 0. The van der Waals surface area contributed by atoms with Crippen molar-refractivity contribution in [3.63, 3.8) is 0 Å². The molecule has 0 aliphatic rings. The first-order valence-electron chi connectivity index (χ1n) is 5.87. The topological polar surface area (TPSA) is 9.23 Å². The van der Waals surface area contributed by atoms with E-state index in [4.69, 9.17) is 4.74 Å². The van der Waals surface area contributed by atoms with Gasteiger partial charge >= 0.3 is 0 Å². The summed E-state index contributed by atoms with van der Waals surface area (Å²) in [5.41, 5.74) is 2.11. The van der Waals surface area contributed by atoms with E-state index >= 15 is 0 Å². The summed E-state index contributed by atoms with van der Waals surface area (Å²) in [5.74, 6) is -0.221. The van der Waals surface area contributed by atoms with Crippen LogP contribution < -0.4 is 0 Å². The fraction of sp³-hybridized carbons (Fsp3) is 0.200. The molecule has 2 aromatic rings. The Bertz CT molecular complexity index is 530. The molecule has 100 valence electrons. The van der Waals surface area contributed by atoms with Gasteiger partial charge in [-0.3, -0.25) is 0 Å². The molecule has 0 saturated heterocycles. The van der Waals surface area contributed by atoms with Crippen molar-refractivity contribution in [3.05, 3.63) is 69.9 Å². The van der Waals surface area contributed by atoms with Gasteiger partial charge in [0.05, 0.1) is 12.7 Å². The molecule has 0 spiro atoms. The fourth-order valence-electron chi connectivity index (χ4n) is 1.71. The van der Waals surface area contributed by atoms with Crippen LogP contribution in [-0.4, -0.2) is 4.43 Å². The lowest BCUT2D eigenvalue weighted by atomic mass is 10.1. The summed E-state index contributed by atoms with van der Waals surface area (Å²) in [6.45, 7) is 0.534. The Hall–Kier alpha value is -0.460. The molecule has 0 aliphatic carbocycles. The van der Waals surface area contributed by atoms with Crippen LogP contribution in [0.25, 0.3) is 0 Å². The van der Waals surface area contributed by atoms with Crippen LogP contribution in [0, 0.1) is 5.82 Å². The van der Waals surface area contributed by atoms with Gasteiger partial charge < -0.3 is 4.74 Å². The lowest BCUT2D eigenvalue weighted by Crippen LogP contribution is -2.06. The molecule has 0 aromatic heterocycles. The summed E-state index contributed by atoms with van der Waals surface area (Å²) >= 11 is 5.79. The Balaban J connectivity index is 2.04. The van der Waals surface area contributed by atoms with Crippen LogP contribution in [0.5, 0.6) is 0 Å². The molecule has 2 aromatic carbocycles. The first-order valence-corrected chi connectivity index (χ1v) is 8.19. The van der Waals surface area contributed by atoms with E-state index in [2.05, 4.69) is 38.5 Å². The zero-order valence-electron chi connectivity index (χ0n) is 10.2. The van der Waals surface area contributed by atoms with Crippen molar-refractivity contribution in [2.24, 2.45) is 0 Å². The molecule has 1 nitrogen and oxygen atoms in total. The Morgan fingerprint density at radius 1 is 1.11 bits per heavy atom. The van der Waals surface area contributed by atoms with Crippen molar-refractivity contribution in [1.82, 2.24) is 0 Å². The standard InChI is InChI=1S/C15H13BrFIO/c16-14-4-2-1-3-12(14)10-19-15(9-18)11-5-7-13(17)8-6-11/h1-8,15H,9-10H2. The summed E-state index contributed by atoms with van der Waals surface area (Å²) in [5, 5.41) is 0. The quantitative estimate of drug-likeness (QED) is 0.459. The second kappa shape index (κ2) is 7.36. The van der Waals surface area contributed by atoms with E-state index in [0.29, 0.717) is 6.61 Å². The Morgan fingerprint density at radius 3 is 2.42 bits per heavy atom. The molecular formula is C15H13BrFIO.